The fraction of sp³-hybridized carbons (Fsp3) is 0.615. The minimum Gasteiger partial charge on any atom is -0.463 e. The van der Waals surface area contributed by atoms with Gasteiger partial charge in [-0.1, -0.05) is 13.8 Å². The fourth-order valence-corrected chi connectivity index (χ4v) is 1.56. The van der Waals surface area contributed by atoms with Gasteiger partial charge >= 0.3 is 5.97 Å². The number of aliphatic hydroxyl groups excluding tert-OH is 1. The van der Waals surface area contributed by atoms with Gasteiger partial charge in [-0.05, 0) is 18.8 Å². The van der Waals surface area contributed by atoms with Crippen LogP contribution in [0.4, 0.5) is 5.82 Å². The Labute approximate surface area is 113 Å². The van der Waals surface area contributed by atoms with Gasteiger partial charge < -0.3 is 15.2 Å². The maximum absolute atomic E-state index is 11.4. The highest BCUT2D eigenvalue weighted by atomic mass is 16.5. The van der Waals surface area contributed by atoms with Crippen LogP contribution >= 0.6 is 0 Å². The highest BCUT2D eigenvalue weighted by Gasteiger charge is 2.18. The first-order valence-corrected chi connectivity index (χ1v) is 6.17. The van der Waals surface area contributed by atoms with Crippen LogP contribution in [0, 0.1) is 12.3 Å². The van der Waals surface area contributed by atoms with Crippen molar-refractivity contribution in [3.8, 4) is 0 Å². The van der Waals surface area contributed by atoms with Crippen molar-refractivity contribution in [2.24, 2.45) is 5.41 Å². The van der Waals surface area contributed by atoms with Crippen molar-refractivity contribution < 1.29 is 14.6 Å². The lowest BCUT2D eigenvalue weighted by Gasteiger charge is -2.24. The quantitative estimate of drug-likeness (QED) is 0.758. The Kier molecular flexibility index (Phi) is 5.23. The number of aliphatic hydroxyl groups is 1. The lowest BCUT2D eigenvalue weighted by atomic mass is 9.90. The van der Waals surface area contributed by atoms with Crippen molar-refractivity contribution in [1.29, 1.82) is 0 Å². The average molecular weight is 267 g/mol. The van der Waals surface area contributed by atoms with Crippen LogP contribution in [0.3, 0.4) is 0 Å². The number of rotatable bonds is 6. The molecule has 0 fully saturated rings. The summed E-state index contributed by atoms with van der Waals surface area (Å²) in [7, 11) is 1.30. The molecule has 106 valence electrons. The number of hydrogen-bond donors (Lipinski definition) is 2. The van der Waals surface area contributed by atoms with Crippen molar-refractivity contribution in [3.63, 3.8) is 0 Å². The highest BCUT2D eigenvalue weighted by molar-refractivity contribution is 5.85. The molecule has 19 heavy (non-hydrogen) atoms. The molecular formula is C13H21N3O3. The number of aryl methyl sites for hydroxylation is 1. The molecule has 1 aromatic heterocycles. The molecule has 0 aromatic carbocycles. The Morgan fingerprint density at radius 3 is 2.74 bits per heavy atom. The smallest absolute Gasteiger partial charge is 0.376 e. The van der Waals surface area contributed by atoms with E-state index >= 15 is 0 Å². The third kappa shape index (κ3) is 4.82. The van der Waals surface area contributed by atoms with Crippen LogP contribution in [0.2, 0.25) is 0 Å². The molecule has 0 bridgehead atoms. The van der Waals surface area contributed by atoms with Crippen molar-refractivity contribution in [3.05, 3.63) is 17.6 Å². The number of carbonyl (C=O) groups is 1. The van der Waals surface area contributed by atoms with Crippen LogP contribution < -0.4 is 5.32 Å². The highest BCUT2D eigenvalue weighted by Crippen LogP contribution is 2.20. The number of carbonyl (C=O) groups excluding carboxylic acids is 1. The van der Waals surface area contributed by atoms with Gasteiger partial charge in [-0.25, -0.2) is 14.8 Å². The number of aromatic nitrogens is 2. The van der Waals surface area contributed by atoms with Gasteiger partial charge in [-0.2, -0.15) is 0 Å². The minimum atomic E-state index is -0.554. The van der Waals surface area contributed by atoms with Crippen LogP contribution in [0.15, 0.2) is 6.07 Å². The van der Waals surface area contributed by atoms with Crippen LogP contribution in [0.25, 0.3) is 0 Å². The second-order valence-electron chi connectivity index (χ2n) is 5.20. The molecule has 1 aromatic rings. The predicted molar refractivity (Wildman–Crippen MR) is 72.1 cm³/mol. The number of hydrogen-bond acceptors (Lipinski definition) is 6. The summed E-state index contributed by atoms with van der Waals surface area (Å²) in [6.45, 7) is 6.67. The summed E-state index contributed by atoms with van der Waals surface area (Å²) in [5, 5.41) is 12.1. The lowest BCUT2D eigenvalue weighted by Crippen LogP contribution is -2.25. The van der Waals surface area contributed by atoms with E-state index < -0.39 is 5.97 Å². The second-order valence-corrected chi connectivity index (χ2v) is 5.20. The van der Waals surface area contributed by atoms with Crippen molar-refractivity contribution in [2.45, 2.75) is 27.2 Å². The summed E-state index contributed by atoms with van der Waals surface area (Å²) in [6.07, 6.45) is 0.688. The molecule has 0 aliphatic heterocycles. The van der Waals surface area contributed by atoms with Gasteiger partial charge in [0.15, 0.2) is 0 Å². The van der Waals surface area contributed by atoms with Gasteiger partial charge in [0, 0.05) is 24.9 Å². The van der Waals surface area contributed by atoms with Gasteiger partial charge in [-0.15, -0.1) is 0 Å². The van der Waals surface area contributed by atoms with E-state index in [-0.39, 0.29) is 17.8 Å². The maximum atomic E-state index is 11.4. The number of ether oxygens (including phenoxy) is 1. The first-order valence-electron chi connectivity index (χ1n) is 6.17. The molecule has 0 saturated heterocycles. The summed E-state index contributed by atoms with van der Waals surface area (Å²) in [5.41, 5.74) is 0.636. The predicted octanol–water partition coefficient (Wildman–Crippen LogP) is 1.39. The molecule has 0 aliphatic rings. The van der Waals surface area contributed by atoms with E-state index in [4.69, 9.17) is 5.11 Å². The molecule has 0 unspecified atom stereocenters. The van der Waals surface area contributed by atoms with Crippen molar-refractivity contribution >= 4 is 11.8 Å². The van der Waals surface area contributed by atoms with E-state index in [1.165, 1.54) is 7.11 Å². The van der Waals surface area contributed by atoms with E-state index in [1.807, 2.05) is 13.8 Å². The van der Waals surface area contributed by atoms with E-state index in [2.05, 4.69) is 20.0 Å². The molecule has 0 atom stereocenters. The first-order chi connectivity index (χ1) is 8.88. The topological polar surface area (TPSA) is 84.3 Å². The molecule has 0 amide bonds. The van der Waals surface area contributed by atoms with E-state index in [0.717, 1.165) is 0 Å². The molecule has 0 saturated carbocycles. The number of nitrogens with zero attached hydrogens (tertiary/aromatic N) is 2. The van der Waals surface area contributed by atoms with Crippen molar-refractivity contribution in [2.75, 3.05) is 25.6 Å². The van der Waals surface area contributed by atoms with Gasteiger partial charge in [-0.3, -0.25) is 0 Å². The van der Waals surface area contributed by atoms with Gasteiger partial charge in [0.25, 0.3) is 0 Å². The Bertz CT molecular complexity index is 447. The number of esters is 1. The largest absolute Gasteiger partial charge is 0.463 e. The van der Waals surface area contributed by atoms with Gasteiger partial charge in [0.05, 0.1) is 7.11 Å². The van der Waals surface area contributed by atoms with E-state index in [1.54, 1.807) is 13.0 Å². The zero-order valence-corrected chi connectivity index (χ0v) is 11.9. The third-order valence-corrected chi connectivity index (χ3v) is 2.76. The molecule has 6 heteroatoms. The summed E-state index contributed by atoms with van der Waals surface area (Å²) in [5.74, 6) is 0.0743. The Balaban J connectivity index is 2.79. The van der Waals surface area contributed by atoms with E-state index in [0.29, 0.717) is 24.5 Å². The SMILES string of the molecule is COC(=O)c1nc(C)cc(NCC(C)(C)CCO)n1. The maximum Gasteiger partial charge on any atom is 0.376 e. The second kappa shape index (κ2) is 6.47. The fourth-order valence-electron chi connectivity index (χ4n) is 1.56. The number of methoxy groups -OCH3 is 1. The molecular weight excluding hydrogens is 246 g/mol. The monoisotopic (exact) mass is 267 g/mol. The van der Waals surface area contributed by atoms with Crippen LogP contribution in [-0.4, -0.2) is 41.3 Å². The molecule has 2 N–H and O–H groups in total. The Morgan fingerprint density at radius 1 is 1.47 bits per heavy atom. The van der Waals surface area contributed by atoms with Crippen LogP contribution in [0.1, 0.15) is 36.6 Å². The zero-order chi connectivity index (χ0) is 14.5. The van der Waals surface area contributed by atoms with Crippen LogP contribution in [-0.2, 0) is 4.74 Å². The molecule has 1 heterocycles. The average Bonchev–Trinajstić information content (AvgIpc) is 2.35. The van der Waals surface area contributed by atoms with Crippen molar-refractivity contribution in [1.82, 2.24) is 9.97 Å². The molecule has 0 aliphatic carbocycles. The summed E-state index contributed by atoms with van der Waals surface area (Å²) in [6, 6.07) is 1.77. The lowest BCUT2D eigenvalue weighted by molar-refractivity contribution is 0.0586. The first kappa shape index (κ1) is 15.4. The van der Waals surface area contributed by atoms with Crippen LogP contribution in [0.5, 0.6) is 0 Å². The van der Waals surface area contributed by atoms with Gasteiger partial charge in [0.2, 0.25) is 5.82 Å². The molecule has 6 nitrogen and oxygen atoms in total. The standard InChI is InChI=1S/C13H21N3O3/c1-9-7-10(14-8-13(2,3)5-6-17)16-11(15-9)12(18)19-4/h7,17H,5-6,8H2,1-4H3,(H,14,15,16). The molecule has 1 rings (SSSR count). The Hall–Kier alpha value is -1.69. The summed E-state index contributed by atoms with van der Waals surface area (Å²) >= 11 is 0. The summed E-state index contributed by atoms with van der Waals surface area (Å²) < 4.78 is 4.61. The minimum absolute atomic E-state index is 0.0463. The molecule has 0 spiro atoms. The summed E-state index contributed by atoms with van der Waals surface area (Å²) in [4.78, 5) is 19.5. The van der Waals surface area contributed by atoms with E-state index in [9.17, 15) is 4.79 Å². The molecule has 0 radical (unpaired) electrons. The number of nitrogens with one attached hydrogen (secondary N) is 1. The number of anilines is 1. The Morgan fingerprint density at radius 2 is 2.16 bits per heavy atom. The zero-order valence-electron chi connectivity index (χ0n) is 11.9. The van der Waals surface area contributed by atoms with Gasteiger partial charge in [0.1, 0.15) is 5.82 Å². The normalized spacial score (nSPS) is 11.2. The third-order valence-electron chi connectivity index (χ3n) is 2.76.